The van der Waals surface area contributed by atoms with Crippen LogP contribution in [-0.2, 0) is 9.53 Å². The van der Waals surface area contributed by atoms with E-state index in [1.54, 1.807) is 7.11 Å². The summed E-state index contributed by atoms with van der Waals surface area (Å²) in [4.78, 5) is 12.2. The Balaban J connectivity index is 2.18. The topological polar surface area (TPSA) is 26.3 Å². The summed E-state index contributed by atoms with van der Waals surface area (Å²) in [5.74, 6) is 1.52. The van der Waals surface area contributed by atoms with Crippen LogP contribution in [0.15, 0.2) is 48.3 Å². The number of hydrogen-bond donors (Lipinski definition) is 0. The molecule has 0 heterocycles. The number of carbonyl (C=O) groups excluding carboxylic acids is 1. The molecule has 2 heteroatoms. The zero-order valence-electron chi connectivity index (χ0n) is 10.7. The number of ether oxygens (including phenoxy) is 1. The molecule has 0 amide bonds. The van der Waals surface area contributed by atoms with Gasteiger partial charge in [-0.25, -0.2) is 0 Å². The Bertz CT molecular complexity index is 495. The molecule has 0 bridgehead atoms. The van der Waals surface area contributed by atoms with Crippen LogP contribution in [0.25, 0.3) is 0 Å². The zero-order chi connectivity index (χ0) is 12.8. The number of methoxy groups -OCH3 is 1. The molecule has 0 saturated carbocycles. The second-order valence-corrected chi connectivity index (χ2v) is 5.31. The van der Waals surface area contributed by atoms with Crippen molar-refractivity contribution in [1.29, 1.82) is 0 Å². The first-order chi connectivity index (χ1) is 8.72. The highest BCUT2D eigenvalue weighted by molar-refractivity contribution is 5.98. The maximum atomic E-state index is 12.2. The molecule has 18 heavy (non-hydrogen) atoms. The molecular formula is C16H18O2. The van der Waals surface area contributed by atoms with Crippen molar-refractivity contribution >= 4 is 5.78 Å². The van der Waals surface area contributed by atoms with Gasteiger partial charge in [0, 0.05) is 11.8 Å². The molecule has 3 rings (SSSR count). The van der Waals surface area contributed by atoms with Crippen molar-refractivity contribution in [3.05, 3.63) is 48.3 Å². The lowest BCUT2D eigenvalue weighted by atomic mass is 9.63. The maximum Gasteiger partial charge on any atom is 0.160 e. The van der Waals surface area contributed by atoms with E-state index in [1.165, 1.54) is 5.57 Å². The molecule has 0 saturated heterocycles. The minimum absolute atomic E-state index is 0.0504. The van der Waals surface area contributed by atoms with Gasteiger partial charge in [0.25, 0.3) is 0 Å². The molecule has 94 valence electrons. The number of rotatable bonds is 2. The lowest BCUT2D eigenvalue weighted by Gasteiger charge is -2.42. The van der Waals surface area contributed by atoms with Gasteiger partial charge in [0.1, 0.15) is 5.76 Å². The highest BCUT2D eigenvalue weighted by atomic mass is 16.5. The molecule has 2 nitrogen and oxygen atoms in total. The second kappa shape index (κ2) is 3.98. The summed E-state index contributed by atoms with van der Waals surface area (Å²) in [6.07, 6.45) is 13.1. The van der Waals surface area contributed by atoms with Crippen LogP contribution >= 0.6 is 0 Å². The SMILES string of the molecule is C=CC1C=C(OC)C23C=CCCC2C(=O)C=C3C1. The molecule has 0 fully saturated rings. The van der Waals surface area contributed by atoms with E-state index in [-0.39, 0.29) is 23.0 Å². The molecule has 0 N–H and O–H groups in total. The molecule has 1 spiro atoms. The van der Waals surface area contributed by atoms with Crippen LogP contribution in [0.4, 0.5) is 0 Å². The first-order valence-corrected chi connectivity index (χ1v) is 6.54. The van der Waals surface area contributed by atoms with Crippen LogP contribution in [0.1, 0.15) is 19.3 Å². The smallest absolute Gasteiger partial charge is 0.160 e. The Morgan fingerprint density at radius 1 is 1.56 bits per heavy atom. The van der Waals surface area contributed by atoms with Crippen molar-refractivity contribution in [1.82, 2.24) is 0 Å². The van der Waals surface area contributed by atoms with Gasteiger partial charge >= 0.3 is 0 Å². The Labute approximate surface area is 108 Å². The summed E-state index contributed by atoms with van der Waals surface area (Å²) in [5, 5.41) is 0. The fourth-order valence-electron chi connectivity index (χ4n) is 3.64. The largest absolute Gasteiger partial charge is 0.500 e. The Hall–Kier alpha value is -1.57. The normalized spacial score (nSPS) is 37.5. The average Bonchev–Trinajstić information content (AvgIpc) is 2.70. The Morgan fingerprint density at radius 2 is 2.39 bits per heavy atom. The molecule has 0 aromatic carbocycles. The fourth-order valence-corrected chi connectivity index (χ4v) is 3.64. The molecule has 3 aliphatic rings. The first-order valence-electron chi connectivity index (χ1n) is 6.54. The number of hydrogen-bond acceptors (Lipinski definition) is 2. The molecule has 3 atom stereocenters. The van der Waals surface area contributed by atoms with E-state index in [0.717, 1.165) is 25.0 Å². The van der Waals surface area contributed by atoms with Crippen molar-refractivity contribution in [3.8, 4) is 0 Å². The van der Waals surface area contributed by atoms with Crippen molar-refractivity contribution < 1.29 is 9.53 Å². The number of allylic oxidation sites excluding steroid dienone is 5. The molecule has 3 unspecified atom stereocenters. The van der Waals surface area contributed by atoms with E-state index < -0.39 is 0 Å². The van der Waals surface area contributed by atoms with Crippen LogP contribution in [-0.4, -0.2) is 12.9 Å². The van der Waals surface area contributed by atoms with Crippen LogP contribution in [0, 0.1) is 17.3 Å². The standard InChI is InChI=1S/C16H18O2/c1-3-11-8-12-10-14(17)13-6-4-5-7-16(12,13)15(9-11)18-2/h3,5,7,9-11,13H,1,4,6,8H2,2H3. The molecule has 0 aliphatic heterocycles. The fraction of sp³-hybridized carbons (Fsp3) is 0.438. The number of ketones is 1. The van der Waals surface area contributed by atoms with Crippen LogP contribution < -0.4 is 0 Å². The minimum Gasteiger partial charge on any atom is -0.500 e. The van der Waals surface area contributed by atoms with E-state index in [1.807, 2.05) is 12.2 Å². The molecular weight excluding hydrogens is 224 g/mol. The predicted octanol–water partition coefficient (Wildman–Crippen LogP) is 3.18. The first kappa shape index (κ1) is 11.5. The van der Waals surface area contributed by atoms with Crippen molar-refractivity contribution in [3.63, 3.8) is 0 Å². The third kappa shape index (κ3) is 1.32. The van der Waals surface area contributed by atoms with Crippen molar-refractivity contribution in [2.45, 2.75) is 19.3 Å². The molecule has 0 aromatic rings. The highest BCUT2D eigenvalue weighted by Crippen LogP contribution is 2.57. The van der Waals surface area contributed by atoms with Crippen LogP contribution in [0.5, 0.6) is 0 Å². The summed E-state index contributed by atoms with van der Waals surface area (Å²) >= 11 is 0. The maximum absolute atomic E-state index is 12.2. The Morgan fingerprint density at radius 3 is 3.11 bits per heavy atom. The molecule has 0 radical (unpaired) electrons. The lowest BCUT2D eigenvalue weighted by Crippen LogP contribution is -2.37. The van der Waals surface area contributed by atoms with Gasteiger partial charge in [-0.15, -0.1) is 6.58 Å². The van der Waals surface area contributed by atoms with Crippen LogP contribution in [0.2, 0.25) is 0 Å². The zero-order valence-corrected chi connectivity index (χ0v) is 10.7. The average molecular weight is 242 g/mol. The van der Waals surface area contributed by atoms with E-state index in [9.17, 15) is 4.79 Å². The number of carbonyl (C=O) groups is 1. The third-order valence-electron chi connectivity index (χ3n) is 4.50. The summed E-state index contributed by atoms with van der Waals surface area (Å²) in [6.45, 7) is 3.86. The van der Waals surface area contributed by atoms with E-state index in [0.29, 0.717) is 0 Å². The summed E-state index contributed by atoms with van der Waals surface area (Å²) < 4.78 is 5.61. The summed E-state index contributed by atoms with van der Waals surface area (Å²) in [6, 6.07) is 0. The van der Waals surface area contributed by atoms with E-state index in [4.69, 9.17) is 4.74 Å². The van der Waals surface area contributed by atoms with Gasteiger partial charge in [-0.3, -0.25) is 4.79 Å². The monoisotopic (exact) mass is 242 g/mol. The van der Waals surface area contributed by atoms with Crippen molar-refractivity contribution in [2.75, 3.05) is 7.11 Å². The molecule has 0 aromatic heterocycles. The van der Waals surface area contributed by atoms with Gasteiger partial charge in [-0.2, -0.15) is 0 Å². The highest BCUT2D eigenvalue weighted by Gasteiger charge is 2.53. The summed E-state index contributed by atoms with van der Waals surface area (Å²) in [7, 11) is 1.70. The van der Waals surface area contributed by atoms with Crippen LogP contribution in [0.3, 0.4) is 0 Å². The van der Waals surface area contributed by atoms with Gasteiger partial charge in [0.2, 0.25) is 0 Å². The Kier molecular flexibility index (Phi) is 2.54. The van der Waals surface area contributed by atoms with E-state index in [2.05, 4.69) is 24.8 Å². The van der Waals surface area contributed by atoms with Gasteiger partial charge in [-0.1, -0.05) is 18.2 Å². The third-order valence-corrected chi connectivity index (χ3v) is 4.50. The van der Waals surface area contributed by atoms with Gasteiger partial charge in [-0.05, 0) is 37.0 Å². The quantitative estimate of drug-likeness (QED) is 0.695. The minimum atomic E-state index is -0.274. The van der Waals surface area contributed by atoms with Gasteiger partial charge < -0.3 is 4.74 Å². The second-order valence-electron chi connectivity index (χ2n) is 5.31. The molecule has 3 aliphatic carbocycles. The predicted molar refractivity (Wildman–Crippen MR) is 70.8 cm³/mol. The lowest BCUT2D eigenvalue weighted by molar-refractivity contribution is -0.119. The van der Waals surface area contributed by atoms with Gasteiger partial charge in [0.15, 0.2) is 5.78 Å². The van der Waals surface area contributed by atoms with E-state index >= 15 is 0 Å². The van der Waals surface area contributed by atoms with Gasteiger partial charge in [0.05, 0.1) is 12.5 Å². The summed E-state index contributed by atoms with van der Waals surface area (Å²) in [5.41, 5.74) is 0.932. The van der Waals surface area contributed by atoms with Crippen molar-refractivity contribution in [2.24, 2.45) is 17.3 Å².